The highest BCUT2D eigenvalue weighted by Crippen LogP contribution is 2.25. The fourth-order valence-corrected chi connectivity index (χ4v) is 5.11. The number of carbonyl (C=O) groups excluding carboxylic acids is 2. The monoisotopic (exact) mass is 424 g/mol. The minimum atomic E-state index is 0.261. The zero-order valence-corrected chi connectivity index (χ0v) is 18.7. The molecule has 0 N–H and O–H groups in total. The van der Waals surface area contributed by atoms with Crippen molar-refractivity contribution >= 4 is 17.6 Å². The third-order valence-electron chi connectivity index (χ3n) is 7.01. The molecule has 0 spiro atoms. The Morgan fingerprint density at radius 3 is 2.58 bits per heavy atom. The first kappa shape index (κ1) is 21.8. The van der Waals surface area contributed by atoms with Crippen LogP contribution in [0.15, 0.2) is 36.0 Å². The molecule has 2 amide bonds. The fourth-order valence-electron chi connectivity index (χ4n) is 5.11. The Balaban J connectivity index is 1.19. The van der Waals surface area contributed by atoms with E-state index in [9.17, 15) is 9.59 Å². The zero-order valence-electron chi connectivity index (χ0n) is 18.7. The molecule has 6 heteroatoms. The molecule has 2 saturated heterocycles. The number of aromatic nitrogens is 1. The molecule has 3 heterocycles. The van der Waals surface area contributed by atoms with Crippen LogP contribution in [0.3, 0.4) is 0 Å². The Kier molecular flexibility index (Phi) is 7.60. The SMILES string of the molecule is O=C(CC[C@@H]1CCCN(C(=O)CC2=CCCCC2)C1)N1CCN(c2ccccn2)CC1. The van der Waals surface area contributed by atoms with Gasteiger partial charge in [0.2, 0.25) is 11.8 Å². The third-order valence-corrected chi connectivity index (χ3v) is 7.01. The molecule has 0 unspecified atom stereocenters. The summed E-state index contributed by atoms with van der Waals surface area (Å²) in [4.78, 5) is 36.2. The van der Waals surface area contributed by atoms with Crippen LogP contribution >= 0.6 is 0 Å². The summed E-state index contributed by atoms with van der Waals surface area (Å²) in [7, 11) is 0. The molecule has 168 valence electrons. The van der Waals surface area contributed by atoms with Crippen molar-refractivity contribution in [1.82, 2.24) is 14.8 Å². The van der Waals surface area contributed by atoms with E-state index in [1.807, 2.05) is 29.3 Å². The largest absolute Gasteiger partial charge is 0.353 e. The first-order valence-electron chi connectivity index (χ1n) is 12.1. The van der Waals surface area contributed by atoms with Gasteiger partial charge in [-0.1, -0.05) is 17.7 Å². The van der Waals surface area contributed by atoms with Gasteiger partial charge in [0.05, 0.1) is 0 Å². The number of likely N-dealkylation sites (tertiary alicyclic amines) is 1. The quantitative estimate of drug-likeness (QED) is 0.654. The van der Waals surface area contributed by atoms with E-state index < -0.39 is 0 Å². The second kappa shape index (κ2) is 10.8. The van der Waals surface area contributed by atoms with Crippen LogP contribution in [0.5, 0.6) is 0 Å². The number of anilines is 1. The average molecular weight is 425 g/mol. The molecule has 1 atom stereocenters. The number of rotatable bonds is 6. The number of amides is 2. The van der Waals surface area contributed by atoms with Crippen LogP contribution < -0.4 is 4.90 Å². The molecule has 6 nitrogen and oxygen atoms in total. The van der Waals surface area contributed by atoms with Crippen molar-refractivity contribution in [3.8, 4) is 0 Å². The number of pyridine rings is 1. The lowest BCUT2D eigenvalue weighted by Gasteiger charge is -2.36. The van der Waals surface area contributed by atoms with E-state index in [-0.39, 0.29) is 11.8 Å². The number of nitrogens with zero attached hydrogens (tertiary/aromatic N) is 4. The van der Waals surface area contributed by atoms with Gasteiger partial charge in [0.1, 0.15) is 5.82 Å². The summed E-state index contributed by atoms with van der Waals surface area (Å²) in [6, 6.07) is 5.96. The number of allylic oxidation sites excluding steroid dienone is 1. The van der Waals surface area contributed by atoms with Gasteiger partial charge >= 0.3 is 0 Å². The minimum absolute atomic E-state index is 0.261. The first-order chi connectivity index (χ1) is 15.2. The molecule has 0 saturated carbocycles. The van der Waals surface area contributed by atoms with E-state index in [0.717, 1.165) is 77.2 Å². The number of carbonyl (C=O) groups is 2. The van der Waals surface area contributed by atoms with Gasteiger partial charge in [0, 0.05) is 58.3 Å². The van der Waals surface area contributed by atoms with Gasteiger partial charge < -0.3 is 14.7 Å². The highest BCUT2D eigenvalue weighted by molar-refractivity contribution is 5.79. The molecule has 2 fully saturated rings. The van der Waals surface area contributed by atoms with E-state index >= 15 is 0 Å². The Bertz CT molecular complexity index is 771. The molecule has 3 aliphatic rings. The van der Waals surface area contributed by atoms with Gasteiger partial charge in [-0.05, 0) is 63.0 Å². The highest BCUT2D eigenvalue weighted by Gasteiger charge is 2.26. The topological polar surface area (TPSA) is 56.8 Å². The van der Waals surface area contributed by atoms with Crippen LogP contribution in [0, 0.1) is 5.92 Å². The summed E-state index contributed by atoms with van der Waals surface area (Å²) < 4.78 is 0. The Labute approximate surface area is 186 Å². The maximum absolute atomic E-state index is 12.8. The predicted molar refractivity (Wildman–Crippen MR) is 123 cm³/mol. The molecule has 0 bridgehead atoms. The summed E-state index contributed by atoms with van der Waals surface area (Å²) >= 11 is 0. The number of hydrogen-bond acceptors (Lipinski definition) is 4. The molecule has 1 aromatic heterocycles. The van der Waals surface area contributed by atoms with Crippen LogP contribution in [0.25, 0.3) is 0 Å². The normalized spacial score (nSPS) is 22.3. The van der Waals surface area contributed by atoms with Crippen molar-refractivity contribution in [3.05, 3.63) is 36.0 Å². The van der Waals surface area contributed by atoms with Crippen LogP contribution in [0.1, 0.15) is 57.8 Å². The molecular formula is C25H36N4O2. The maximum Gasteiger partial charge on any atom is 0.226 e. The van der Waals surface area contributed by atoms with Gasteiger partial charge in [-0.2, -0.15) is 0 Å². The summed E-state index contributed by atoms with van der Waals surface area (Å²) in [6.45, 7) is 4.91. The predicted octanol–water partition coefficient (Wildman–Crippen LogP) is 3.64. The van der Waals surface area contributed by atoms with E-state index in [2.05, 4.69) is 20.9 Å². The van der Waals surface area contributed by atoms with Gasteiger partial charge in [-0.15, -0.1) is 0 Å². The number of piperidine rings is 1. The van der Waals surface area contributed by atoms with Crippen LogP contribution in [-0.4, -0.2) is 65.9 Å². The highest BCUT2D eigenvalue weighted by atomic mass is 16.2. The van der Waals surface area contributed by atoms with Crippen molar-refractivity contribution in [2.45, 2.75) is 57.8 Å². The molecule has 0 radical (unpaired) electrons. The average Bonchev–Trinajstić information content (AvgIpc) is 2.84. The molecule has 4 rings (SSSR count). The molecule has 1 aromatic rings. The van der Waals surface area contributed by atoms with Gasteiger partial charge in [0.25, 0.3) is 0 Å². The van der Waals surface area contributed by atoms with Crippen LogP contribution in [-0.2, 0) is 9.59 Å². The molecule has 0 aromatic carbocycles. The van der Waals surface area contributed by atoms with Gasteiger partial charge in [-0.3, -0.25) is 9.59 Å². The van der Waals surface area contributed by atoms with Crippen LogP contribution in [0.2, 0.25) is 0 Å². The molecule has 1 aliphatic carbocycles. The first-order valence-corrected chi connectivity index (χ1v) is 12.1. The fraction of sp³-hybridized carbons (Fsp3) is 0.640. The van der Waals surface area contributed by atoms with Crippen LogP contribution in [0.4, 0.5) is 5.82 Å². The molecule has 31 heavy (non-hydrogen) atoms. The van der Waals surface area contributed by atoms with E-state index in [1.165, 1.54) is 18.4 Å². The molecular weight excluding hydrogens is 388 g/mol. The van der Waals surface area contributed by atoms with E-state index in [0.29, 0.717) is 18.8 Å². The second-order valence-corrected chi connectivity index (χ2v) is 9.23. The lowest BCUT2D eigenvalue weighted by Crippen LogP contribution is -2.49. The van der Waals surface area contributed by atoms with Crippen molar-refractivity contribution < 1.29 is 9.59 Å². The summed E-state index contributed by atoms with van der Waals surface area (Å²) in [5.41, 5.74) is 1.33. The second-order valence-electron chi connectivity index (χ2n) is 9.23. The van der Waals surface area contributed by atoms with E-state index in [4.69, 9.17) is 0 Å². The van der Waals surface area contributed by atoms with Gasteiger partial charge in [0.15, 0.2) is 0 Å². The number of piperazine rings is 1. The Hall–Kier alpha value is -2.37. The summed E-state index contributed by atoms with van der Waals surface area (Å²) in [5, 5.41) is 0. The molecule has 2 aliphatic heterocycles. The minimum Gasteiger partial charge on any atom is -0.353 e. The number of hydrogen-bond donors (Lipinski definition) is 0. The van der Waals surface area contributed by atoms with Crippen molar-refractivity contribution in [3.63, 3.8) is 0 Å². The van der Waals surface area contributed by atoms with Crippen molar-refractivity contribution in [1.29, 1.82) is 0 Å². The Morgan fingerprint density at radius 1 is 0.968 bits per heavy atom. The van der Waals surface area contributed by atoms with Gasteiger partial charge in [-0.25, -0.2) is 4.98 Å². The van der Waals surface area contributed by atoms with Crippen molar-refractivity contribution in [2.75, 3.05) is 44.2 Å². The zero-order chi connectivity index (χ0) is 21.5. The summed E-state index contributed by atoms with van der Waals surface area (Å²) in [6.07, 6.45) is 13.1. The van der Waals surface area contributed by atoms with E-state index in [1.54, 1.807) is 0 Å². The smallest absolute Gasteiger partial charge is 0.226 e. The lowest BCUT2D eigenvalue weighted by atomic mass is 9.92. The maximum atomic E-state index is 12.8. The standard InChI is InChI=1S/C25H36N4O2/c30-24(28-17-15-27(16-18-28)23-10-4-5-13-26-23)12-11-22-9-6-14-29(20-22)25(31)19-21-7-2-1-3-8-21/h4-5,7,10,13,22H,1-3,6,8-9,11-12,14-20H2/t22-/m0/s1. The third kappa shape index (κ3) is 6.08. The Morgan fingerprint density at radius 2 is 1.84 bits per heavy atom. The summed E-state index contributed by atoms with van der Waals surface area (Å²) in [5.74, 6) is 1.99. The lowest BCUT2D eigenvalue weighted by molar-refractivity contribution is -0.132. The van der Waals surface area contributed by atoms with Crippen molar-refractivity contribution in [2.24, 2.45) is 5.92 Å².